The summed E-state index contributed by atoms with van der Waals surface area (Å²) in [6.07, 6.45) is 2.76. The molecule has 7 nitrogen and oxygen atoms in total. The zero-order valence-electron chi connectivity index (χ0n) is 8.79. The third-order valence-corrected chi connectivity index (χ3v) is 3.52. The van der Waals surface area contributed by atoms with Crippen molar-refractivity contribution >= 4 is 15.8 Å². The molecule has 0 saturated carbocycles. The van der Waals surface area contributed by atoms with Crippen LogP contribution in [0.2, 0.25) is 0 Å². The van der Waals surface area contributed by atoms with Crippen molar-refractivity contribution in [1.82, 2.24) is 19.9 Å². The summed E-state index contributed by atoms with van der Waals surface area (Å²) in [5.41, 5.74) is 6.07. The quantitative estimate of drug-likeness (QED) is 0.702. The summed E-state index contributed by atoms with van der Waals surface area (Å²) in [5, 5.41) is 5.92. The Balaban J connectivity index is 2.12. The molecule has 2 rings (SSSR count). The van der Waals surface area contributed by atoms with Gasteiger partial charge in [-0.3, -0.25) is 10.1 Å². The molecule has 0 aromatic carbocycles. The normalized spacial score (nSPS) is 11.5. The number of nitrogens with zero attached hydrogens (tertiary/aromatic N) is 2. The molecule has 0 radical (unpaired) electrons. The molecule has 17 heavy (non-hydrogen) atoms. The summed E-state index contributed by atoms with van der Waals surface area (Å²) in [7, 11) is -3.65. The lowest BCUT2D eigenvalue weighted by Crippen LogP contribution is -2.24. The summed E-state index contributed by atoms with van der Waals surface area (Å²) >= 11 is 0. The highest BCUT2D eigenvalue weighted by atomic mass is 32.2. The number of nitrogens with two attached hydrogens (primary N) is 1. The molecule has 2 aromatic heterocycles. The number of hydrogen-bond acceptors (Lipinski definition) is 5. The number of hydrogen-bond donors (Lipinski definition) is 3. The Bertz CT molecular complexity index is 593. The first-order valence-corrected chi connectivity index (χ1v) is 6.26. The van der Waals surface area contributed by atoms with Crippen molar-refractivity contribution in [3.05, 3.63) is 36.3 Å². The largest absolute Gasteiger partial charge is 0.383 e. The fourth-order valence-corrected chi connectivity index (χ4v) is 2.27. The second-order valence-corrected chi connectivity index (χ2v) is 5.03. The lowest BCUT2D eigenvalue weighted by Gasteiger charge is -2.04. The number of anilines is 1. The van der Waals surface area contributed by atoms with Crippen molar-refractivity contribution in [2.24, 2.45) is 0 Å². The van der Waals surface area contributed by atoms with Gasteiger partial charge in [-0.05, 0) is 12.1 Å². The number of rotatable bonds is 4. The van der Waals surface area contributed by atoms with Crippen LogP contribution in [0.1, 0.15) is 5.69 Å². The van der Waals surface area contributed by atoms with Gasteiger partial charge >= 0.3 is 0 Å². The fourth-order valence-electron chi connectivity index (χ4n) is 1.25. The van der Waals surface area contributed by atoms with E-state index in [0.29, 0.717) is 5.69 Å². The Labute approximate surface area is 98.1 Å². The van der Waals surface area contributed by atoms with Crippen molar-refractivity contribution in [2.45, 2.75) is 11.4 Å². The fraction of sp³-hybridized carbons (Fsp3) is 0.111. The third-order valence-electron chi connectivity index (χ3n) is 2.09. The predicted molar refractivity (Wildman–Crippen MR) is 61.3 cm³/mol. The Hall–Kier alpha value is -1.93. The van der Waals surface area contributed by atoms with Crippen LogP contribution in [0.15, 0.2) is 35.5 Å². The number of aromatic nitrogens is 3. The molecule has 0 saturated heterocycles. The number of H-pyrrole nitrogens is 1. The van der Waals surface area contributed by atoms with Crippen molar-refractivity contribution in [2.75, 3.05) is 5.73 Å². The van der Waals surface area contributed by atoms with Gasteiger partial charge in [0, 0.05) is 6.20 Å². The predicted octanol–water partition coefficient (Wildman–Crippen LogP) is -0.135. The summed E-state index contributed by atoms with van der Waals surface area (Å²) < 4.78 is 26.0. The van der Waals surface area contributed by atoms with E-state index in [0.717, 1.165) is 6.20 Å². The highest BCUT2D eigenvalue weighted by molar-refractivity contribution is 7.89. The number of pyridine rings is 1. The van der Waals surface area contributed by atoms with Crippen LogP contribution < -0.4 is 10.5 Å². The van der Waals surface area contributed by atoms with Gasteiger partial charge in [0.15, 0.2) is 0 Å². The topological polar surface area (TPSA) is 114 Å². The second kappa shape index (κ2) is 4.52. The molecule has 0 bridgehead atoms. The van der Waals surface area contributed by atoms with Gasteiger partial charge in [-0.2, -0.15) is 5.10 Å². The summed E-state index contributed by atoms with van der Waals surface area (Å²) in [6, 6.07) is 5.26. The molecule has 2 aromatic rings. The van der Waals surface area contributed by atoms with Gasteiger partial charge in [-0.15, -0.1) is 0 Å². The van der Waals surface area contributed by atoms with E-state index >= 15 is 0 Å². The van der Waals surface area contributed by atoms with Gasteiger partial charge in [0.25, 0.3) is 0 Å². The number of aromatic amines is 1. The van der Waals surface area contributed by atoms with E-state index in [1.54, 1.807) is 24.4 Å². The average Bonchev–Trinajstić information content (AvgIpc) is 2.75. The van der Waals surface area contributed by atoms with E-state index in [1.165, 1.54) is 0 Å². The number of nitrogens with one attached hydrogen (secondary N) is 2. The molecule has 0 atom stereocenters. The Kier molecular flexibility index (Phi) is 3.07. The smallest absolute Gasteiger partial charge is 0.246 e. The molecule has 2 heterocycles. The molecule has 0 fully saturated rings. The molecule has 0 amide bonds. The minimum atomic E-state index is -3.65. The standard InChI is InChI=1S/C9H11N5O2S/c10-9-8(6-12-14-9)17(15,16)13-5-7-3-1-2-4-11-7/h1-4,6,13H,5H2,(H3,10,12,14). The zero-order chi connectivity index (χ0) is 12.3. The first kappa shape index (κ1) is 11.6. The first-order valence-electron chi connectivity index (χ1n) is 4.78. The van der Waals surface area contributed by atoms with Crippen LogP contribution in [0.25, 0.3) is 0 Å². The van der Waals surface area contributed by atoms with Crippen LogP contribution in [-0.4, -0.2) is 23.6 Å². The summed E-state index contributed by atoms with van der Waals surface area (Å²) in [6.45, 7) is 0.105. The van der Waals surface area contributed by atoms with Crippen molar-refractivity contribution in [3.8, 4) is 0 Å². The molecule has 0 aliphatic rings. The average molecular weight is 253 g/mol. The van der Waals surface area contributed by atoms with E-state index in [1.807, 2.05) is 0 Å². The SMILES string of the molecule is Nc1[nH]ncc1S(=O)(=O)NCc1ccccn1. The van der Waals surface area contributed by atoms with Crippen LogP contribution in [0.3, 0.4) is 0 Å². The molecule has 90 valence electrons. The van der Waals surface area contributed by atoms with Gasteiger partial charge in [0.1, 0.15) is 10.7 Å². The molecule has 0 aliphatic carbocycles. The molecular weight excluding hydrogens is 242 g/mol. The number of nitrogen functional groups attached to an aromatic ring is 1. The van der Waals surface area contributed by atoms with E-state index in [2.05, 4.69) is 19.9 Å². The maximum absolute atomic E-state index is 11.8. The van der Waals surface area contributed by atoms with Crippen LogP contribution in [0.4, 0.5) is 5.82 Å². The minimum absolute atomic E-state index is 0.0125. The number of sulfonamides is 1. The summed E-state index contributed by atoms with van der Waals surface area (Å²) in [4.78, 5) is 3.94. The lowest BCUT2D eigenvalue weighted by molar-refractivity contribution is 0.581. The highest BCUT2D eigenvalue weighted by Gasteiger charge is 2.18. The van der Waals surface area contributed by atoms with Crippen molar-refractivity contribution < 1.29 is 8.42 Å². The van der Waals surface area contributed by atoms with Gasteiger partial charge in [0.05, 0.1) is 18.4 Å². The van der Waals surface area contributed by atoms with E-state index in [4.69, 9.17) is 5.73 Å². The van der Waals surface area contributed by atoms with E-state index in [9.17, 15) is 8.42 Å². The van der Waals surface area contributed by atoms with E-state index in [-0.39, 0.29) is 17.3 Å². The molecule has 0 spiro atoms. The van der Waals surface area contributed by atoms with Gasteiger partial charge < -0.3 is 5.73 Å². The molecule has 4 N–H and O–H groups in total. The van der Waals surface area contributed by atoms with Gasteiger partial charge in [-0.1, -0.05) is 6.07 Å². The highest BCUT2D eigenvalue weighted by Crippen LogP contribution is 2.13. The first-order chi connectivity index (χ1) is 8.09. The molecular formula is C9H11N5O2S. The Morgan fingerprint density at radius 3 is 2.82 bits per heavy atom. The molecule has 8 heteroatoms. The van der Waals surface area contributed by atoms with Gasteiger partial charge in [0.2, 0.25) is 10.0 Å². The van der Waals surface area contributed by atoms with Crippen LogP contribution in [0, 0.1) is 0 Å². The monoisotopic (exact) mass is 253 g/mol. The Morgan fingerprint density at radius 2 is 2.24 bits per heavy atom. The Morgan fingerprint density at radius 1 is 1.41 bits per heavy atom. The van der Waals surface area contributed by atoms with Gasteiger partial charge in [-0.25, -0.2) is 13.1 Å². The third kappa shape index (κ3) is 2.60. The van der Waals surface area contributed by atoms with Crippen LogP contribution in [-0.2, 0) is 16.6 Å². The zero-order valence-corrected chi connectivity index (χ0v) is 9.61. The maximum atomic E-state index is 11.8. The maximum Gasteiger partial charge on any atom is 0.246 e. The van der Waals surface area contributed by atoms with Crippen molar-refractivity contribution in [3.63, 3.8) is 0 Å². The van der Waals surface area contributed by atoms with Crippen molar-refractivity contribution in [1.29, 1.82) is 0 Å². The second-order valence-electron chi connectivity index (χ2n) is 3.29. The van der Waals surface area contributed by atoms with Crippen LogP contribution in [0.5, 0.6) is 0 Å². The minimum Gasteiger partial charge on any atom is -0.383 e. The lowest BCUT2D eigenvalue weighted by atomic mass is 10.4. The van der Waals surface area contributed by atoms with E-state index < -0.39 is 10.0 Å². The molecule has 0 unspecified atom stereocenters. The molecule has 0 aliphatic heterocycles. The van der Waals surface area contributed by atoms with Crippen LogP contribution >= 0.6 is 0 Å². The summed E-state index contributed by atoms with van der Waals surface area (Å²) in [5.74, 6) is 0.0125.